The van der Waals surface area contributed by atoms with Crippen molar-refractivity contribution in [1.82, 2.24) is 9.80 Å². The van der Waals surface area contributed by atoms with E-state index in [2.05, 4.69) is 36.2 Å². The lowest BCUT2D eigenvalue weighted by molar-refractivity contribution is 0.0450. The molecule has 0 saturated carbocycles. The predicted octanol–water partition coefficient (Wildman–Crippen LogP) is 0.216. The normalized spacial score (nSPS) is 13.5. The molecule has 104 valence electrons. The summed E-state index contributed by atoms with van der Waals surface area (Å²) >= 11 is 0. The maximum Gasteiger partial charge on any atom is 0.100 e. The lowest BCUT2D eigenvalue weighted by Crippen LogP contribution is -2.23. The van der Waals surface area contributed by atoms with Gasteiger partial charge in [0.2, 0.25) is 0 Å². The van der Waals surface area contributed by atoms with Crippen LogP contribution in [0.4, 0.5) is 0 Å². The quantitative estimate of drug-likeness (QED) is 0.666. The molecule has 0 radical (unpaired) electrons. The van der Waals surface area contributed by atoms with Gasteiger partial charge in [0, 0.05) is 26.0 Å². The van der Waals surface area contributed by atoms with Crippen molar-refractivity contribution >= 4 is 12.4 Å². The third-order valence-corrected chi connectivity index (χ3v) is 2.16. The van der Waals surface area contributed by atoms with Gasteiger partial charge in [-0.3, -0.25) is 0 Å². The fraction of sp³-hybridized carbons (Fsp3) is 0.818. The highest BCUT2D eigenvalue weighted by atomic mass is 35.5. The van der Waals surface area contributed by atoms with Gasteiger partial charge in [-0.1, -0.05) is 13.3 Å². The van der Waals surface area contributed by atoms with E-state index in [4.69, 9.17) is 15.3 Å². The Balaban J connectivity index is 0. The van der Waals surface area contributed by atoms with Gasteiger partial charge in [-0.2, -0.15) is 0 Å². The third-order valence-electron chi connectivity index (χ3n) is 2.16. The molecule has 5 nitrogen and oxygen atoms in total. The van der Waals surface area contributed by atoms with Gasteiger partial charge < -0.3 is 25.1 Å². The molecular formula is C11H25ClN2O3. The van der Waals surface area contributed by atoms with Crippen molar-refractivity contribution in [3.8, 4) is 0 Å². The van der Waals surface area contributed by atoms with Crippen LogP contribution < -0.4 is 0 Å². The monoisotopic (exact) mass is 268 g/mol. The molecular weight excluding hydrogens is 244 g/mol. The summed E-state index contributed by atoms with van der Waals surface area (Å²) in [5, 5.41) is 24.0. The molecule has 1 rings (SSSR count). The Morgan fingerprint density at radius 2 is 1.82 bits per heavy atom. The molecule has 0 aliphatic carbocycles. The second-order valence-electron chi connectivity index (χ2n) is 3.88. The number of hydrogen-bond donors (Lipinski definition) is 3. The molecule has 0 unspecified atom stereocenters. The molecule has 1 aliphatic rings. The van der Waals surface area contributed by atoms with Crippen molar-refractivity contribution in [2.75, 3.05) is 33.5 Å². The van der Waals surface area contributed by atoms with Crippen molar-refractivity contribution in [1.29, 1.82) is 0 Å². The molecule has 17 heavy (non-hydrogen) atoms. The number of hydrogen-bond acceptors (Lipinski definition) is 5. The Morgan fingerprint density at radius 3 is 2.12 bits per heavy atom. The Bertz CT molecular complexity index is 190. The summed E-state index contributed by atoms with van der Waals surface area (Å²) in [6.45, 7) is 3.77. The van der Waals surface area contributed by atoms with E-state index in [0.717, 1.165) is 6.67 Å². The number of nitrogens with zero attached hydrogens (tertiary/aromatic N) is 2. The van der Waals surface area contributed by atoms with Crippen LogP contribution in [0.5, 0.6) is 0 Å². The molecule has 1 heterocycles. The molecule has 0 aromatic carbocycles. The molecule has 0 fully saturated rings. The van der Waals surface area contributed by atoms with Crippen LogP contribution in [0.25, 0.3) is 0 Å². The van der Waals surface area contributed by atoms with Gasteiger partial charge in [0.15, 0.2) is 0 Å². The van der Waals surface area contributed by atoms with Gasteiger partial charge in [-0.05, 0) is 6.42 Å². The van der Waals surface area contributed by atoms with Gasteiger partial charge in [-0.25, -0.2) is 0 Å². The molecule has 0 aromatic heterocycles. The second-order valence-corrected chi connectivity index (χ2v) is 3.88. The Hall–Kier alpha value is -0.490. The molecule has 0 amide bonds. The highest BCUT2D eigenvalue weighted by Crippen LogP contribution is 2.04. The van der Waals surface area contributed by atoms with Crippen molar-refractivity contribution in [3.63, 3.8) is 0 Å². The van der Waals surface area contributed by atoms with Gasteiger partial charge in [-0.15, -0.1) is 12.4 Å². The average molecular weight is 269 g/mol. The fourth-order valence-corrected chi connectivity index (χ4v) is 1.15. The molecule has 0 bridgehead atoms. The van der Waals surface area contributed by atoms with Crippen LogP contribution >= 0.6 is 12.4 Å². The lowest BCUT2D eigenvalue weighted by Gasteiger charge is -2.17. The predicted molar refractivity (Wildman–Crippen MR) is 70.8 cm³/mol. The molecule has 6 heteroatoms. The SMILES string of the molecule is CCCCN1C=CN(C)C1.Cl.OCC(O)CO. The van der Waals surface area contributed by atoms with E-state index in [1.54, 1.807) is 0 Å². The standard InChI is InChI=1S/C8H16N2.C3H8O3.ClH/c1-3-4-5-10-7-6-9(2)8-10;4-1-3(6)2-5;/h6-7H,3-5,8H2,1-2H3;3-6H,1-2H2;1H. The van der Waals surface area contributed by atoms with Crippen molar-refractivity contribution in [2.45, 2.75) is 25.9 Å². The third kappa shape index (κ3) is 10.4. The van der Waals surface area contributed by atoms with E-state index in [1.165, 1.54) is 19.4 Å². The first-order chi connectivity index (χ1) is 7.63. The number of unbranched alkanes of at least 4 members (excludes halogenated alkanes) is 1. The Morgan fingerprint density at radius 1 is 1.24 bits per heavy atom. The zero-order valence-corrected chi connectivity index (χ0v) is 11.4. The summed E-state index contributed by atoms with van der Waals surface area (Å²) in [5.74, 6) is 0. The van der Waals surface area contributed by atoms with Crippen LogP contribution in [0.2, 0.25) is 0 Å². The highest BCUT2D eigenvalue weighted by molar-refractivity contribution is 5.85. The smallest absolute Gasteiger partial charge is 0.100 e. The van der Waals surface area contributed by atoms with E-state index < -0.39 is 6.10 Å². The molecule has 0 atom stereocenters. The van der Waals surface area contributed by atoms with Crippen molar-refractivity contribution < 1.29 is 15.3 Å². The summed E-state index contributed by atoms with van der Waals surface area (Å²) < 4.78 is 0. The van der Waals surface area contributed by atoms with Crippen LogP contribution in [-0.2, 0) is 0 Å². The average Bonchev–Trinajstić information content (AvgIpc) is 2.72. The van der Waals surface area contributed by atoms with Crippen LogP contribution in [0.15, 0.2) is 12.4 Å². The van der Waals surface area contributed by atoms with Crippen LogP contribution in [0.3, 0.4) is 0 Å². The summed E-state index contributed by atoms with van der Waals surface area (Å²) in [6.07, 6.45) is 5.92. The van der Waals surface area contributed by atoms with Crippen molar-refractivity contribution in [3.05, 3.63) is 12.4 Å². The van der Waals surface area contributed by atoms with Crippen LogP contribution in [0.1, 0.15) is 19.8 Å². The zero-order valence-electron chi connectivity index (χ0n) is 10.6. The largest absolute Gasteiger partial charge is 0.394 e. The van der Waals surface area contributed by atoms with Gasteiger partial charge in [0.05, 0.1) is 19.9 Å². The molecule has 1 aliphatic heterocycles. The van der Waals surface area contributed by atoms with Crippen LogP contribution in [-0.4, -0.2) is 64.7 Å². The number of aliphatic hydroxyl groups is 3. The number of aliphatic hydroxyl groups excluding tert-OH is 3. The maximum atomic E-state index is 8.17. The van der Waals surface area contributed by atoms with E-state index in [0.29, 0.717) is 0 Å². The maximum absolute atomic E-state index is 8.17. The topological polar surface area (TPSA) is 67.2 Å². The minimum absolute atomic E-state index is 0. The Kier molecular flexibility index (Phi) is 13.3. The minimum atomic E-state index is -0.954. The van der Waals surface area contributed by atoms with Crippen LogP contribution in [0, 0.1) is 0 Å². The number of halogens is 1. The van der Waals surface area contributed by atoms with Gasteiger partial charge >= 0.3 is 0 Å². The first-order valence-electron chi connectivity index (χ1n) is 5.66. The highest BCUT2D eigenvalue weighted by Gasteiger charge is 2.05. The van der Waals surface area contributed by atoms with E-state index in [9.17, 15) is 0 Å². The molecule has 0 aromatic rings. The second kappa shape index (κ2) is 12.0. The summed E-state index contributed by atoms with van der Waals surface area (Å²) in [4.78, 5) is 4.53. The van der Waals surface area contributed by atoms with E-state index in [-0.39, 0.29) is 25.6 Å². The minimum Gasteiger partial charge on any atom is -0.394 e. The molecule has 3 N–H and O–H groups in total. The fourth-order valence-electron chi connectivity index (χ4n) is 1.15. The summed E-state index contributed by atoms with van der Waals surface area (Å²) in [7, 11) is 2.10. The number of rotatable bonds is 5. The van der Waals surface area contributed by atoms with E-state index >= 15 is 0 Å². The Labute approximate surface area is 110 Å². The van der Waals surface area contributed by atoms with E-state index in [1.807, 2.05) is 0 Å². The molecule has 0 spiro atoms. The molecule has 0 saturated heterocycles. The summed E-state index contributed by atoms with van der Waals surface area (Å²) in [5.41, 5.74) is 0. The lowest BCUT2D eigenvalue weighted by atomic mass is 10.3. The summed E-state index contributed by atoms with van der Waals surface area (Å²) in [6, 6.07) is 0. The first kappa shape index (κ1) is 18.9. The van der Waals surface area contributed by atoms with Gasteiger partial charge in [0.1, 0.15) is 6.10 Å². The van der Waals surface area contributed by atoms with Crippen molar-refractivity contribution in [2.24, 2.45) is 0 Å². The van der Waals surface area contributed by atoms with Gasteiger partial charge in [0.25, 0.3) is 0 Å². The first-order valence-corrected chi connectivity index (χ1v) is 5.66. The zero-order chi connectivity index (χ0) is 12.4.